The van der Waals surface area contributed by atoms with Crippen molar-refractivity contribution in [2.45, 2.75) is 96.8 Å². The number of nitrogens with zero attached hydrogens (tertiary/aromatic N) is 4. The average Bonchev–Trinajstić information content (AvgIpc) is 3.72. The Kier molecular flexibility index (Phi) is 11.4. The van der Waals surface area contributed by atoms with Crippen LogP contribution in [0.2, 0.25) is 0 Å². The normalized spacial score (nSPS) is 17.4. The molecule has 4 aromatic rings. The Morgan fingerprint density at radius 1 is 0.839 bits per heavy atom. The van der Waals surface area contributed by atoms with Crippen LogP contribution in [0, 0.1) is 5.92 Å². The predicted molar refractivity (Wildman–Crippen MR) is 214 cm³/mol. The van der Waals surface area contributed by atoms with Crippen LogP contribution in [0.25, 0.3) is 39.2 Å². The number of H-pyrrole nitrogens is 2. The van der Waals surface area contributed by atoms with Gasteiger partial charge in [0, 0.05) is 29.8 Å². The van der Waals surface area contributed by atoms with Gasteiger partial charge in [0.05, 0.1) is 36.9 Å². The van der Waals surface area contributed by atoms with Gasteiger partial charge < -0.3 is 35.1 Å². The molecule has 0 bridgehead atoms. The molecular weight excluding hydrogens is 709 g/mol. The molecule has 56 heavy (non-hydrogen) atoms. The Morgan fingerprint density at radius 3 is 2.07 bits per heavy atom. The quantitative estimate of drug-likeness (QED) is 0.119. The summed E-state index contributed by atoms with van der Waals surface area (Å²) in [4.78, 5) is 71.6. The van der Waals surface area contributed by atoms with Crippen LogP contribution in [0.1, 0.15) is 90.3 Å². The highest BCUT2D eigenvalue weighted by atomic mass is 16.5. The molecule has 2 aliphatic carbocycles. The Bertz CT molecular complexity index is 2090. The van der Waals surface area contributed by atoms with Gasteiger partial charge in [-0.2, -0.15) is 0 Å². The Labute approximate surface area is 327 Å². The van der Waals surface area contributed by atoms with Crippen molar-refractivity contribution in [3.63, 3.8) is 0 Å². The van der Waals surface area contributed by atoms with E-state index in [0.29, 0.717) is 18.8 Å². The summed E-state index contributed by atoms with van der Waals surface area (Å²) >= 11 is 0. The van der Waals surface area contributed by atoms with Crippen molar-refractivity contribution in [3.8, 4) is 33.6 Å². The average molecular weight is 761 g/mol. The molecule has 13 heteroatoms. The van der Waals surface area contributed by atoms with Gasteiger partial charge in [0.2, 0.25) is 11.8 Å². The number of amides is 4. The van der Waals surface area contributed by atoms with E-state index in [-0.39, 0.29) is 48.3 Å². The minimum atomic E-state index is -0.684. The maximum atomic E-state index is 13.7. The van der Waals surface area contributed by atoms with Crippen molar-refractivity contribution >= 4 is 29.4 Å². The number of aromatic nitrogens is 4. The summed E-state index contributed by atoms with van der Waals surface area (Å²) < 4.78 is 4.76. The summed E-state index contributed by atoms with van der Waals surface area (Å²) in [7, 11) is 1.29. The molecule has 2 aromatic carbocycles. The van der Waals surface area contributed by atoms with Crippen molar-refractivity contribution < 1.29 is 23.9 Å². The predicted octanol–water partition coefficient (Wildman–Crippen LogP) is 6.63. The fourth-order valence-corrected chi connectivity index (χ4v) is 7.71. The number of allylic oxidation sites excluding steroid dienone is 1. The lowest BCUT2D eigenvalue weighted by Gasteiger charge is -2.30. The second-order valence-electron chi connectivity index (χ2n) is 15.7. The van der Waals surface area contributed by atoms with Gasteiger partial charge in [-0.05, 0) is 87.0 Å². The van der Waals surface area contributed by atoms with Gasteiger partial charge in [-0.15, -0.1) is 0 Å². The van der Waals surface area contributed by atoms with Crippen molar-refractivity contribution in [2.24, 2.45) is 5.92 Å². The summed E-state index contributed by atoms with van der Waals surface area (Å²) in [5.41, 5.74) is 7.50. The number of hydrogen-bond acceptors (Lipinski definition) is 7. The topological polar surface area (TPSA) is 165 Å². The molecule has 4 amide bonds. The smallest absolute Gasteiger partial charge is 0.407 e. The number of carbonyl (C=O) groups excluding carboxylic acids is 4. The third-order valence-electron chi connectivity index (χ3n) is 11.0. The molecule has 2 aromatic heterocycles. The number of benzene rings is 2. The maximum absolute atomic E-state index is 13.7. The van der Waals surface area contributed by atoms with Gasteiger partial charge in [-0.1, -0.05) is 62.4 Å². The van der Waals surface area contributed by atoms with Crippen LogP contribution in [0.3, 0.4) is 0 Å². The summed E-state index contributed by atoms with van der Waals surface area (Å²) in [5, 5.41) is 5.70. The Morgan fingerprint density at radius 2 is 1.46 bits per heavy atom. The van der Waals surface area contributed by atoms with Gasteiger partial charge >= 0.3 is 6.09 Å². The van der Waals surface area contributed by atoms with Crippen LogP contribution in [0.5, 0.6) is 0 Å². The van der Waals surface area contributed by atoms with Crippen molar-refractivity contribution in [1.29, 1.82) is 0 Å². The number of ether oxygens (including phenoxy) is 1. The van der Waals surface area contributed by atoms with E-state index in [1.165, 1.54) is 7.11 Å². The van der Waals surface area contributed by atoms with E-state index in [1.807, 2.05) is 38.8 Å². The lowest BCUT2D eigenvalue weighted by Crippen LogP contribution is -2.51. The van der Waals surface area contributed by atoms with Crippen LogP contribution in [0.15, 0.2) is 66.5 Å². The van der Waals surface area contributed by atoms with Crippen molar-refractivity contribution in [2.75, 3.05) is 20.2 Å². The third-order valence-corrected chi connectivity index (χ3v) is 11.0. The number of alkyl carbamates (subject to hydrolysis) is 1. The van der Waals surface area contributed by atoms with E-state index in [2.05, 4.69) is 74.1 Å². The number of aromatic amines is 2. The van der Waals surface area contributed by atoms with E-state index in [4.69, 9.17) is 9.72 Å². The number of carbonyl (C=O) groups is 4. The first-order valence-electron chi connectivity index (χ1n) is 19.8. The van der Waals surface area contributed by atoms with Gasteiger partial charge in [-0.3, -0.25) is 14.4 Å². The minimum absolute atomic E-state index is 0.0634. The molecule has 1 saturated carbocycles. The van der Waals surface area contributed by atoms with Gasteiger partial charge in [0.1, 0.15) is 24.2 Å². The van der Waals surface area contributed by atoms with E-state index in [0.717, 1.165) is 89.1 Å². The molecule has 7 rings (SSSR count). The van der Waals surface area contributed by atoms with Crippen LogP contribution in [-0.2, 0) is 19.1 Å². The largest absolute Gasteiger partial charge is 0.453 e. The molecule has 2 atom stereocenters. The Balaban J connectivity index is 1.01. The van der Waals surface area contributed by atoms with E-state index < -0.39 is 12.1 Å². The highest BCUT2D eigenvalue weighted by Gasteiger charge is 2.37. The van der Waals surface area contributed by atoms with Gasteiger partial charge in [0.25, 0.3) is 5.91 Å². The Hall–Kier alpha value is -5.72. The second kappa shape index (κ2) is 16.6. The fraction of sp³-hybridized carbons (Fsp3) is 0.442. The lowest BCUT2D eigenvalue weighted by molar-refractivity contribution is -0.135. The molecule has 0 radical (unpaired) electrons. The summed E-state index contributed by atoms with van der Waals surface area (Å²) in [6, 6.07) is 15.8. The molecule has 1 aliphatic heterocycles. The maximum Gasteiger partial charge on any atom is 0.407 e. The standard InChI is InChI=1S/C43H52N8O5/c1-25(2)38(49-43(55)56-5)42(54)50-21-7-10-36(50)40-45-23-35(48-40)30-17-13-28(14-18-30)27-11-15-29(16-12-27)34-22-44-39(47-34)32-8-6-9-33(32)41(53)51(26(3)4)24-37(52)46-31-19-20-31/h11-18,22-23,25-26,31,36,38H,6-10,19-21,24H2,1-5H3,(H,44,47)(H,45,48)(H,46,52)(H,49,55)/t36-,38?/m0/s1. The SMILES string of the molecule is COC(=O)NC(C(=O)N1CCC[C@H]1c1ncc(-c2ccc(-c3ccc(-c4cnc(C5=C(C(=O)N(CC(=O)NC6CC6)C(C)C)CCC5)[nH]4)cc3)cc2)[nH]1)C(C)C. The first kappa shape index (κ1) is 38.6. The molecule has 3 aliphatic rings. The molecular formula is C43H52N8O5. The molecule has 13 nitrogen and oxygen atoms in total. The number of methoxy groups -OCH3 is 1. The van der Waals surface area contributed by atoms with Crippen LogP contribution < -0.4 is 10.6 Å². The molecule has 1 unspecified atom stereocenters. The molecule has 4 N–H and O–H groups in total. The highest BCUT2D eigenvalue weighted by Crippen LogP contribution is 2.36. The first-order valence-corrected chi connectivity index (χ1v) is 19.8. The zero-order valence-corrected chi connectivity index (χ0v) is 32.9. The second-order valence-corrected chi connectivity index (χ2v) is 15.7. The minimum Gasteiger partial charge on any atom is -0.453 e. The molecule has 3 heterocycles. The summed E-state index contributed by atoms with van der Waals surface area (Å²) in [6.45, 7) is 8.36. The number of rotatable bonds is 13. The monoisotopic (exact) mass is 760 g/mol. The first-order chi connectivity index (χ1) is 27.0. The van der Waals surface area contributed by atoms with E-state index in [9.17, 15) is 19.2 Å². The van der Waals surface area contributed by atoms with E-state index >= 15 is 0 Å². The molecule has 1 saturated heterocycles. The number of imidazole rings is 2. The van der Waals surface area contributed by atoms with Crippen LogP contribution in [0.4, 0.5) is 4.79 Å². The number of nitrogens with one attached hydrogen (secondary N) is 4. The highest BCUT2D eigenvalue weighted by molar-refractivity contribution is 6.03. The summed E-state index contributed by atoms with van der Waals surface area (Å²) in [6.07, 6.45) is 8.96. The molecule has 2 fully saturated rings. The fourth-order valence-electron chi connectivity index (χ4n) is 7.71. The number of hydrogen-bond donors (Lipinski definition) is 4. The zero-order valence-electron chi connectivity index (χ0n) is 32.9. The molecule has 0 spiro atoms. The van der Waals surface area contributed by atoms with Gasteiger partial charge in [-0.25, -0.2) is 14.8 Å². The van der Waals surface area contributed by atoms with E-state index in [1.54, 1.807) is 11.1 Å². The van der Waals surface area contributed by atoms with Crippen LogP contribution in [-0.4, -0.2) is 91.9 Å². The van der Waals surface area contributed by atoms with Crippen LogP contribution >= 0.6 is 0 Å². The molecule has 294 valence electrons. The lowest BCUT2D eigenvalue weighted by atomic mass is 10.0. The number of likely N-dealkylation sites (tertiary alicyclic amines) is 1. The van der Waals surface area contributed by atoms with Crippen molar-refractivity contribution in [3.05, 3.63) is 78.1 Å². The third kappa shape index (κ3) is 8.41. The zero-order chi connectivity index (χ0) is 39.5. The summed E-state index contributed by atoms with van der Waals surface area (Å²) in [5.74, 6) is 1.01. The van der Waals surface area contributed by atoms with Crippen molar-refractivity contribution in [1.82, 2.24) is 40.4 Å². The van der Waals surface area contributed by atoms with Gasteiger partial charge in [0.15, 0.2) is 0 Å².